The van der Waals surface area contributed by atoms with Crippen LogP contribution in [0.1, 0.15) is 83.6 Å². The van der Waals surface area contributed by atoms with Crippen LogP contribution in [0.3, 0.4) is 0 Å². The number of nitrogens with two attached hydrogens (primary N) is 2. The van der Waals surface area contributed by atoms with Crippen LogP contribution in [0.15, 0.2) is 12.1 Å². The van der Waals surface area contributed by atoms with E-state index >= 15 is 0 Å². The maximum atomic E-state index is 6.01. The highest BCUT2D eigenvalue weighted by Gasteiger charge is 2.27. The first kappa shape index (κ1) is 21.7. The Morgan fingerprint density at radius 2 is 1.29 bits per heavy atom. The Hall–Kier alpha value is -2.61. The average molecular weight is 380 g/mol. The minimum Gasteiger partial charge on any atom is -0.382 e. The molecule has 2 aromatic rings. The largest absolute Gasteiger partial charge is 0.382 e. The van der Waals surface area contributed by atoms with Gasteiger partial charge in [0.1, 0.15) is 5.82 Å². The van der Waals surface area contributed by atoms with Gasteiger partial charge in [-0.2, -0.15) is 4.98 Å². The lowest BCUT2D eigenvalue weighted by atomic mass is 9.79. The van der Waals surface area contributed by atoms with E-state index in [9.17, 15) is 0 Å². The smallest absolute Gasteiger partial charge is 0.222 e. The van der Waals surface area contributed by atoms with E-state index in [-0.39, 0.29) is 16.8 Å². The summed E-state index contributed by atoms with van der Waals surface area (Å²) in [6, 6.07) is 4.33. The van der Waals surface area contributed by atoms with Gasteiger partial charge in [-0.3, -0.25) is 4.98 Å². The van der Waals surface area contributed by atoms with Crippen molar-refractivity contribution in [2.75, 3.05) is 11.5 Å². The maximum Gasteiger partial charge on any atom is 0.222 e. The van der Waals surface area contributed by atoms with Crippen LogP contribution in [0.4, 0.5) is 11.8 Å². The van der Waals surface area contributed by atoms with Gasteiger partial charge in [0, 0.05) is 22.2 Å². The van der Waals surface area contributed by atoms with Crippen LogP contribution >= 0.6 is 0 Å². The molecule has 0 aromatic carbocycles. The Bertz CT molecular complexity index is 892. The molecule has 28 heavy (non-hydrogen) atoms. The number of aryl methyl sites for hydroxylation is 1. The van der Waals surface area contributed by atoms with Gasteiger partial charge >= 0.3 is 0 Å². The molecule has 0 saturated carbocycles. The molecule has 5 heteroatoms. The first-order valence-corrected chi connectivity index (χ1v) is 9.57. The van der Waals surface area contributed by atoms with Crippen LogP contribution in [0.25, 0.3) is 0 Å². The van der Waals surface area contributed by atoms with Crippen LogP contribution in [0, 0.1) is 18.8 Å². The molecule has 0 fully saturated rings. The fraction of sp³-hybridized carbons (Fsp3) is 0.522. The van der Waals surface area contributed by atoms with E-state index in [1.807, 2.05) is 6.92 Å². The SMILES string of the molecule is Cc1nc(N)nc(N)c1C#CC(C)(C)c1cc(C(C)(C)C)nc(C(C)(C)C)c1. The molecule has 2 heterocycles. The highest BCUT2D eigenvalue weighted by molar-refractivity contribution is 5.56. The Morgan fingerprint density at radius 3 is 1.71 bits per heavy atom. The summed E-state index contributed by atoms with van der Waals surface area (Å²) < 4.78 is 0. The van der Waals surface area contributed by atoms with Gasteiger partial charge in [0.25, 0.3) is 0 Å². The van der Waals surface area contributed by atoms with Crippen LogP contribution in [-0.4, -0.2) is 15.0 Å². The van der Waals surface area contributed by atoms with E-state index in [0.29, 0.717) is 17.1 Å². The number of hydrogen-bond donors (Lipinski definition) is 2. The number of nitrogen functional groups attached to an aromatic ring is 2. The van der Waals surface area contributed by atoms with Crippen molar-refractivity contribution in [1.29, 1.82) is 0 Å². The van der Waals surface area contributed by atoms with Gasteiger partial charge in [0.2, 0.25) is 5.95 Å². The van der Waals surface area contributed by atoms with E-state index in [1.165, 1.54) is 0 Å². The summed E-state index contributed by atoms with van der Waals surface area (Å²) in [7, 11) is 0. The van der Waals surface area contributed by atoms with Crippen LogP contribution in [0.5, 0.6) is 0 Å². The van der Waals surface area contributed by atoms with Crippen molar-refractivity contribution >= 4 is 11.8 Å². The number of pyridine rings is 1. The third kappa shape index (κ3) is 4.81. The molecular weight excluding hydrogens is 346 g/mol. The monoisotopic (exact) mass is 379 g/mol. The molecule has 0 aliphatic carbocycles. The predicted octanol–water partition coefficient (Wildman–Crippen LogP) is 4.27. The number of hydrogen-bond acceptors (Lipinski definition) is 5. The number of anilines is 2. The lowest BCUT2D eigenvalue weighted by Crippen LogP contribution is -2.24. The van der Waals surface area contributed by atoms with Crippen molar-refractivity contribution in [3.63, 3.8) is 0 Å². The van der Waals surface area contributed by atoms with Gasteiger partial charge in [-0.25, -0.2) is 4.98 Å². The lowest BCUT2D eigenvalue weighted by molar-refractivity contribution is 0.525. The molecule has 0 spiro atoms. The molecule has 2 rings (SSSR count). The van der Waals surface area contributed by atoms with Crippen LogP contribution in [-0.2, 0) is 16.2 Å². The van der Waals surface area contributed by atoms with Crippen molar-refractivity contribution in [2.45, 2.75) is 78.6 Å². The standard InChI is InChI=1S/C23H33N5/c1-14-16(19(24)28-20(25)26-14)10-11-23(8,9)15-12-17(21(2,3)4)27-18(13-15)22(5,6)7/h12-13H,1-9H3,(H4,24,25,26,28). The van der Waals surface area contributed by atoms with E-state index < -0.39 is 5.41 Å². The minimum absolute atomic E-state index is 0.0503. The predicted molar refractivity (Wildman–Crippen MR) is 117 cm³/mol. The summed E-state index contributed by atoms with van der Waals surface area (Å²) in [5.41, 5.74) is 15.8. The molecule has 150 valence electrons. The fourth-order valence-electron chi connectivity index (χ4n) is 2.72. The van der Waals surface area contributed by atoms with Gasteiger partial charge in [-0.05, 0) is 38.5 Å². The molecule has 0 saturated heterocycles. The maximum absolute atomic E-state index is 6.01. The van der Waals surface area contributed by atoms with E-state index in [4.69, 9.17) is 16.5 Å². The second-order valence-corrected chi connectivity index (χ2v) is 9.93. The van der Waals surface area contributed by atoms with E-state index in [0.717, 1.165) is 17.0 Å². The summed E-state index contributed by atoms with van der Waals surface area (Å²) in [6.45, 7) is 19.1. The highest BCUT2D eigenvalue weighted by atomic mass is 15.0. The molecule has 0 radical (unpaired) electrons. The Balaban J connectivity index is 2.61. The normalized spacial score (nSPS) is 12.5. The number of nitrogens with zero attached hydrogens (tertiary/aromatic N) is 3. The third-order valence-electron chi connectivity index (χ3n) is 4.72. The molecule has 0 amide bonds. The van der Waals surface area contributed by atoms with Gasteiger partial charge < -0.3 is 11.5 Å². The van der Waals surface area contributed by atoms with Gasteiger partial charge in [0.15, 0.2) is 0 Å². The van der Waals surface area contributed by atoms with Gasteiger partial charge in [-0.1, -0.05) is 53.4 Å². The van der Waals surface area contributed by atoms with Crippen molar-refractivity contribution in [2.24, 2.45) is 0 Å². The summed E-state index contributed by atoms with van der Waals surface area (Å²) in [6.07, 6.45) is 0. The number of aromatic nitrogens is 3. The topological polar surface area (TPSA) is 90.7 Å². The highest BCUT2D eigenvalue weighted by Crippen LogP contribution is 2.32. The zero-order valence-electron chi connectivity index (χ0n) is 18.7. The molecule has 0 aliphatic rings. The summed E-state index contributed by atoms with van der Waals surface area (Å²) in [5.74, 6) is 7.04. The Morgan fingerprint density at radius 1 is 0.786 bits per heavy atom. The molecule has 0 atom stereocenters. The zero-order valence-corrected chi connectivity index (χ0v) is 18.7. The average Bonchev–Trinajstić information content (AvgIpc) is 2.51. The van der Waals surface area contributed by atoms with E-state index in [2.05, 4.69) is 89.3 Å². The quantitative estimate of drug-likeness (QED) is 0.722. The summed E-state index contributed by atoms with van der Waals surface area (Å²) in [5, 5.41) is 0. The summed E-state index contributed by atoms with van der Waals surface area (Å²) in [4.78, 5) is 13.2. The molecule has 2 aromatic heterocycles. The van der Waals surface area contributed by atoms with E-state index in [1.54, 1.807) is 0 Å². The van der Waals surface area contributed by atoms with Crippen LogP contribution < -0.4 is 11.5 Å². The van der Waals surface area contributed by atoms with Gasteiger partial charge in [-0.15, -0.1) is 0 Å². The Labute approximate surface area is 169 Å². The number of rotatable bonds is 1. The molecule has 0 bridgehead atoms. The molecule has 0 aliphatic heterocycles. The van der Waals surface area contributed by atoms with Crippen molar-refractivity contribution in [3.05, 3.63) is 40.3 Å². The Kier molecular flexibility index (Phi) is 5.49. The van der Waals surface area contributed by atoms with Crippen molar-refractivity contribution in [3.8, 4) is 11.8 Å². The van der Waals surface area contributed by atoms with Crippen LogP contribution in [0.2, 0.25) is 0 Å². The molecule has 5 nitrogen and oxygen atoms in total. The second-order valence-electron chi connectivity index (χ2n) is 9.93. The minimum atomic E-state index is -0.400. The summed E-state index contributed by atoms with van der Waals surface area (Å²) >= 11 is 0. The molecule has 4 N–H and O–H groups in total. The molecule has 0 unspecified atom stereocenters. The van der Waals surface area contributed by atoms with Crippen molar-refractivity contribution in [1.82, 2.24) is 15.0 Å². The first-order valence-electron chi connectivity index (χ1n) is 9.57. The fourth-order valence-corrected chi connectivity index (χ4v) is 2.72. The lowest BCUT2D eigenvalue weighted by Gasteiger charge is -2.28. The second kappa shape index (κ2) is 7.09. The van der Waals surface area contributed by atoms with Gasteiger partial charge in [0.05, 0.1) is 16.7 Å². The van der Waals surface area contributed by atoms with Crippen molar-refractivity contribution < 1.29 is 0 Å². The zero-order chi connectivity index (χ0) is 21.5. The third-order valence-corrected chi connectivity index (χ3v) is 4.72. The molecular formula is C23H33N5. The first-order chi connectivity index (χ1) is 12.6.